The van der Waals surface area contributed by atoms with E-state index < -0.39 is 23.7 Å². The number of halogens is 1. The van der Waals surface area contributed by atoms with E-state index in [1.165, 1.54) is 0 Å². The monoisotopic (exact) mass is 345 g/mol. The van der Waals surface area contributed by atoms with Crippen LogP contribution < -0.4 is 10.1 Å². The predicted molar refractivity (Wildman–Crippen MR) is 94.2 cm³/mol. The summed E-state index contributed by atoms with van der Waals surface area (Å²) in [6.07, 6.45) is -2.08. The molecule has 0 saturated heterocycles. The summed E-state index contributed by atoms with van der Waals surface area (Å²) < 4.78 is 5.94. The van der Waals surface area contributed by atoms with E-state index in [1.807, 2.05) is 51.1 Å². The van der Waals surface area contributed by atoms with Crippen LogP contribution >= 0.6 is 11.6 Å². The number of carbonyl (C=O) groups is 1. The van der Waals surface area contributed by atoms with Crippen LogP contribution in [0.25, 0.3) is 11.1 Å². The van der Waals surface area contributed by atoms with Crippen molar-refractivity contribution in [2.75, 3.05) is 0 Å². The lowest BCUT2D eigenvalue weighted by atomic mass is 9.90. The van der Waals surface area contributed by atoms with Gasteiger partial charge in [0.2, 0.25) is 0 Å². The van der Waals surface area contributed by atoms with Gasteiger partial charge in [-0.2, -0.15) is 0 Å². The van der Waals surface area contributed by atoms with Gasteiger partial charge in [-0.15, -0.1) is 0 Å². The second-order valence-corrected chi connectivity index (χ2v) is 7.39. The molecule has 126 valence electrons. The Bertz CT molecular complexity index is 782. The molecule has 3 rings (SSSR count). The van der Waals surface area contributed by atoms with Gasteiger partial charge in [0.15, 0.2) is 12.2 Å². The van der Waals surface area contributed by atoms with Crippen LogP contribution in [0, 0.1) is 0 Å². The molecule has 5 heteroatoms. The predicted octanol–water partition coefficient (Wildman–Crippen LogP) is 3.72. The number of hydrogen-bond donors (Lipinski definition) is 2. The summed E-state index contributed by atoms with van der Waals surface area (Å²) >= 11 is 6.10. The molecule has 1 aliphatic rings. The SMILES string of the molecule is CC(C)(C)NC(=O)C(O)C1Oc2ccc(Cl)cc2-c2ccccc21. The van der Waals surface area contributed by atoms with Gasteiger partial charge >= 0.3 is 0 Å². The summed E-state index contributed by atoms with van der Waals surface area (Å²) in [6.45, 7) is 5.60. The fourth-order valence-corrected chi connectivity index (χ4v) is 2.99. The third-order valence-electron chi connectivity index (χ3n) is 3.81. The van der Waals surface area contributed by atoms with Crippen molar-refractivity contribution in [1.82, 2.24) is 5.32 Å². The highest BCUT2D eigenvalue weighted by molar-refractivity contribution is 6.31. The zero-order valence-electron chi connectivity index (χ0n) is 13.8. The Labute approximate surface area is 146 Å². The van der Waals surface area contributed by atoms with Gasteiger partial charge < -0.3 is 15.2 Å². The van der Waals surface area contributed by atoms with Crippen molar-refractivity contribution < 1.29 is 14.6 Å². The minimum Gasteiger partial charge on any atom is -0.482 e. The molecule has 0 spiro atoms. The Morgan fingerprint density at radius 3 is 2.62 bits per heavy atom. The molecule has 0 aromatic heterocycles. The molecule has 0 radical (unpaired) electrons. The van der Waals surface area contributed by atoms with Crippen LogP contribution in [0.1, 0.15) is 32.4 Å². The first-order chi connectivity index (χ1) is 11.3. The molecule has 2 unspecified atom stereocenters. The molecule has 0 bridgehead atoms. The molecule has 0 saturated carbocycles. The maximum Gasteiger partial charge on any atom is 0.253 e. The fourth-order valence-electron chi connectivity index (χ4n) is 2.82. The Morgan fingerprint density at radius 2 is 1.92 bits per heavy atom. The molecular weight excluding hydrogens is 326 g/mol. The standard InChI is InChI=1S/C19H20ClNO3/c1-19(2,3)21-18(23)16(22)17-13-7-5-4-6-12(13)14-10-11(20)8-9-15(14)24-17/h4-10,16-17,22H,1-3H3,(H,21,23). The summed E-state index contributed by atoms with van der Waals surface area (Å²) in [4.78, 5) is 12.4. The molecule has 4 nitrogen and oxygen atoms in total. The second kappa shape index (κ2) is 6.11. The van der Waals surface area contributed by atoms with Crippen molar-refractivity contribution in [2.45, 2.75) is 38.5 Å². The highest BCUT2D eigenvalue weighted by atomic mass is 35.5. The van der Waals surface area contributed by atoms with Crippen LogP contribution in [0.4, 0.5) is 0 Å². The zero-order chi connectivity index (χ0) is 17.5. The van der Waals surface area contributed by atoms with Crippen molar-refractivity contribution >= 4 is 17.5 Å². The van der Waals surface area contributed by atoms with E-state index >= 15 is 0 Å². The molecule has 1 aliphatic heterocycles. The van der Waals surface area contributed by atoms with Crippen LogP contribution in [0.15, 0.2) is 42.5 Å². The number of nitrogens with one attached hydrogen (secondary N) is 1. The minimum atomic E-state index is -1.31. The Kier molecular flexibility index (Phi) is 4.28. The summed E-state index contributed by atoms with van der Waals surface area (Å²) in [5, 5.41) is 14.0. The summed E-state index contributed by atoms with van der Waals surface area (Å²) in [5.41, 5.74) is 2.10. The highest BCUT2D eigenvalue weighted by Gasteiger charge is 2.36. The first-order valence-electron chi connectivity index (χ1n) is 7.82. The van der Waals surface area contributed by atoms with E-state index in [2.05, 4.69) is 5.32 Å². The van der Waals surface area contributed by atoms with E-state index in [1.54, 1.807) is 12.1 Å². The van der Waals surface area contributed by atoms with E-state index in [9.17, 15) is 9.90 Å². The zero-order valence-corrected chi connectivity index (χ0v) is 14.6. The Balaban J connectivity index is 2.00. The number of rotatable bonds is 2. The van der Waals surface area contributed by atoms with Gasteiger partial charge in [0.25, 0.3) is 5.91 Å². The van der Waals surface area contributed by atoms with Crippen molar-refractivity contribution in [2.24, 2.45) is 0 Å². The number of aliphatic hydroxyl groups excluding tert-OH is 1. The number of amides is 1. The fraction of sp³-hybridized carbons (Fsp3) is 0.316. The molecule has 2 aromatic rings. The lowest BCUT2D eigenvalue weighted by Gasteiger charge is -2.32. The maximum absolute atomic E-state index is 12.4. The van der Waals surface area contributed by atoms with Crippen molar-refractivity contribution in [3.63, 3.8) is 0 Å². The number of aliphatic hydroxyl groups is 1. The smallest absolute Gasteiger partial charge is 0.253 e. The van der Waals surface area contributed by atoms with Crippen LogP contribution in [-0.4, -0.2) is 22.7 Å². The second-order valence-electron chi connectivity index (χ2n) is 6.95. The van der Waals surface area contributed by atoms with E-state index in [0.29, 0.717) is 10.8 Å². The van der Waals surface area contributed by atoms with E-state index in [0.717, 1.165) is 16.7 Å². The molecule has 2 aromatic carbocycles. The number of carbonyl (C=O) groups excluding carboxylic acids is 1. The third kappa shape index (κ3) is 3.25. The van der Waals surface area contributed by atoms with E-state index in [-0.39, 0.29) is 0 Å². The highest BCUT2D eigenvalue weighted by Crippen LogP contribution is 2.44. The molecule has 2 atom stereocenters. The molecular formula is C19H20ClNO3. The normalized spacial score (nSPS) is 17.3. The average molecular weight is 346 g/mol. The molecule has 0 aliphatic carbocycles. The van der Waals surface area contributed by atoms with Crippen molar-refractivity contribution in [1.29, 1.82) is 0 Å². The largest absolute Gasteiger partial charge is 0.482 e. The number of ether oxygens (including phenoxy) is 1. The van der Waals surface area contributed by atoms with Gasteiger partial charge in [-0.25, -0.2) is 0 Å². The minimum absolute atomic E-state index is 0.433. The topological polar surface area (TPSA) is 58.6 Å². The van der Waals surface area contributed by atoms with Gasteiger partial charge in [-0.3, -0.25) is 4.79 Å². The summed E-state index contributed by atoms with van der Waals surface area (Å²) in [5.74, 6) is 0.144. The molecule has 0 fully saturated rings. The first-order valence-corrected chi connectivity index (χ1v) is 8.20. The number of benzene rings is 2. The third-order valence-corrected chi connectivity index (χ3v) is 4.04. The van der Waals surface area contributed by atoms with Gasteiger partial charge in [-0.05, 0) is 44.5 Å². The average Bonchev–Trinajstić information content (AvgIpc) is 2.52. The van der Waals surface area contributed by atoms with Crippen molar-refractivity contribution in [3.8, 4) is 16.9 Å². The first kappa shape index (κ1) is 16.8. The Morgan fingerprint density at radius 1 is 1.21 bits per heavy atom. The van der Waals surface area contributed by atoms with Crippen LogP contribution in [0.3, 0.4) is 0 Å². The van der Waals surface area contributed by atoms with Crippen LogP contribution in [0.2, 0.25) is 5.02 Å². The molecule has 1 amide bonds. The van der Waals surface area contributed by atoms with Gasteiger partial charge in [-0.1, -0.05) is 35.9 Å². The quantitative estimate of drug-likeness (QED) is 0.872. The molecule has 24 heavy (non-hydrogen) atoms. The molecule has 2 N–H and O–H groups in total. The number of fused-ring (bicyclic) bond motifs is 3. The summed E-state index contributed by atoms with van der Waals surface area (Å²) in [6, 6.07) is 12.9. The number of hydrogen-bond acceptors (Lipinski definition) is 3. The lowest BCUT2D eigenvalue weighted by Crippen LogP contribution is -2.48. The van der Waals surface area contributed by atoms with Crippen LogP contribution in [0.5, 0.6) is 5.75 Å². The van der Waals surface area contributed by atoms with Gasteiger partial charge in [0.1, 0.15) is 5.75 Å². The Hall–Kier alpha value is -2.04. The van der Waals surface area contributed by atoms with Gasteiger partial charge in [0.05, 0.1) is 0 Å². The maximum atomic E-state index is 12.4. The van der Waals surface area contributed by atoms with Gasteiger partial charge in [0, 0.05) is 21.7 Å². The summed E-state index contributed by atoms with van der Waals surface area (Å²) in [7, 11) is 0. The van der Waals surface area contributed by atoms with Crippen LogP contribution in [-0.2, 0) is 4.79 Å². The van der Waals surface area contributed by atoms with Crippen molar-refractivity contribution in [3.05, 3.63) is 53.1 Å². The lowest BCUT2D eigenvalue weighted by molar-refractivity contribution is -0.136. The molecule has 1 heterocycles. The van der Waals surface area contributed by atoms with E-state index in [4.69, 9.17) is 16.3 Å².